The minimum Gasteiger partial charge on any atom is -0.349 e. The van der Waals surface area contributed by atoms with Crippen LogP contribution in [0.2, 0.25) is 0 Å². The first kappa shape index (κ1) is 20.9. The molecule has 0 aromatic rings. The fraction of sp³-hybridized carbons (Fsp3) is 0.300. The molecule has 5 N–H and O–H groups in total. The molecule has 0 aliphatic heterocycles. The van der Waals surface area contributed by atoms with Crippen molar-refractivity contribution in [3.63, 3.8) is 0 Å². The maximum absolute atomic E-state index is 10.6. The van der Waals surface area contributed by atoms with E-state index in [2.05, 4.69) is 25.1 Å². The molecular formula is C10H20N2O4S. The highest BCUT2D eigenvalue weighted by molar-refractivity contribution is 7.85. The smallest absolute Gasteiger partial charge is 0.268 e. The predicted octanol–water partition coefficient (Wildman–Crippen LogP) is 1.09. The van der Waals surface area contributed by atoms with Crippen LogP contribution in [0.1, 0.15) is 6.92 Å². The number of hydrogen-bond donors (Lipinski definition) is 3. The van der Waals surface area contributed by atoms with Crippen LogP contribution in [0, 0.1) is 0 Å². The molecule has 6 nitrogen and oxygen atoms in total. The zero-order valence-electron chi connectivity index (χ0n) is 9.98. The molecule has 0 aliphatic rings. The van der Waals surface area contributed by atoms with E-state index in [0.717, 1.165) is 6.08 Å². The van der Waals surface area contributed by atoms with Crippen LogP contribution in [0.5, 0.6) is 0 Å². The van der Waals surface area contributed by atoms with Crippen molar-refractivity contribution < 1.29 is 17.8 Å². The van der Waals surface area contributed by atoms with Gasteiger partial charge in [-0.1, -0.05) is 18.7 Å². The molecular weight excluding hydrogens is 244 g/mol. The van der Waals surface area contributed by atoms with Crippen molar-refractivity contribution in [1.29, 1.82) is 0 Å². The summed E-state index contributed by atoms with van der Waals surface area (Å²) in [5.41, 5.74) is 0.525. The van der Waals surface area contributed by atoms with Crippen LogP contribution in [0.25, 0.3) is 0 Å². The topological polar surface area (TPSA) is 118 Å². The van der Waals surface area contributed by atoms with Crippen LogP contribution in [0.4, 0.5) is 0 Å². The summed E-state index contributed by atoms with van der Waals surface area (Å²) < 4.78 is 27.3. The van der Waals surface area contributed by atoms with Crippen molar-refractivity contribution in [3.8, 4) is 0 Å². The Labute approximate surface area is 102 Å². The van der Waals surface area contributed by atoms with E-state index in [1.165, 1.54) is 0 Å². The van der Waals surface area contributed by atoms with E-state index in [1.54, 1.807) is 13.0 Å². The first-order valence-corrected chi connectivity index (χ1v) is 5.96. The molecule has 0 heterocycles. The number of nitrogens with one attached hydrogen (secondary N) is 1. The van der Waals surface area contributed by atoms with Gasteiger partial charge in [0.15, 0.2) is 0 Å². The highest BCUT2D eigenvalue weighted by Gasteiger charge is 1.96. The van der Waals surface area contributed by atoms with Crippen molar-refractivity contribution in [2.75, 3.05) is 12.3 Å². The highest BCUT2D eigenvalue weighted by atomic mass is 32.2. The van der Waals surface area contributed by atoms with E-state index in [0.29, 0.717) is 12.1 Å². The van der Waals surface area contributed by atoms with E-state index >= 15 is 0 Å². The van der Waals surface area contributed by atoms with Gasteiger partial charge in [0.2, 0.25) is 5.91 Å². The first-order chi connectivity index (χ1) is 7.24. The van der Waals surface area contributed by atoms with Crippen molar-refractivity contribution in [2.45, 2.75) is 6.92 Å². The fourth-order valence-electron chi connectivity index (χ4n) is 0.465. The van der Waals surface area contributed by atoms with Crippen molar-refractivity contribution in [3.05, 3.63) is 37.5 Å². The Kier molecular flexibility index (Phi) is 13.6. The number of carbonyl (C=O) groups is 1. The highest BCUT2D eigenvalue weighted by Crippen LogP contribution is 1.83. The fourth-order valence-corrected chi connectivity index (χ4v) is 0.763. The van der Waals surface area contributed by atoms with E-state index in [4.69, 9.17) is 4.55 Å². The largest absolute Gasteiger partial charge is 0.349 e. The molecule has 0 aromatic carbocycles. The molecule has 0 saturated carbocycles. The van der Waals surface area contributed by atoms with Gasteiger partial charge in [-0.15, -0.1) is 13.2 Å². The molecule has 0 rings (SSSR count). The molecule has 0 fully saturated rings. The summed E-state index contributed by atoms with van der Waals surface area (Å²) in [5, 5.41) is 2.58. The van der Waals surface area contributed by atoms with E-state index in [9.17, 15) is 13.2 Å². The van der Waals surface area contributed by atoms with Gasteiger partial charge < -0.3 is 11.5 Å². The summed E-state index contributed by atoms with van der Waals surface area (Å²) >= 11 is 0. The van der Waals surface area contributed by atoms with Gasteiger partial charge in [-0.3, -0.25) is 9.35 Å². The monoisotopic (exact) mass is 264 g/mol. The summed E-state index contributed by atoms with van der Waals surface area (Å²) in [6, 6.07) is 0. The summed E-state index contributed by atoms with van der Waals surface area (Å²) in [6.45, 7) is 12.2. The lowest BCUT2D eigenvalue weighted by molar-refractivity contribution is -0.117. The van der Waals surface area contributed by atoms with E-state index < -0.39 is 10.1 Å². The van der Waals surface area contributed by atoms with Crippen LogP contribution in [0.15, 0.2) is 37.5 Å². The standard InChI is InChI=1S/C7H11NO.C3H6O3S.H3N/c1-4-5-8-7(9)6(2)3;1-2-3-7(4,5)6;/h4H,1-2,5H2,3H3,(H,8,9);2H,1,3H2,(H,4,5,6);1H3. The Balaban J connectivity index is -0.000000224. The second-order valence-corrected chi connectivity index (χ2v) is 4.31. The first-order valence-electron chi connectivity index (χ1n) is 4.35. The molecule has 1 amide bonds. The van der Waals surface area contributed by atoms with Crippen LogP contribution in [-0.2, 0) is 14.9 Å². The van der Waals surface area contributed by atoms with Gasteiger partial charge in [-0.05, 0) is 6.92 Å². The Morgan fingerprint density at radius 2 is 1.82 bits per heavy atom. The molecule has 0 saturated heterocycles. The molecule has 0 radical (unpaired) electrons. The van der Waals surface area contributed by atoms with Crippen molar-refractivity contribution in [1.82, 2.24) is 11.5 Å². The molecule has 0 atom stereocenters. The zero-order chi connectivity index (χ0) is 13.2. The minimum absolute atomic E-state index is 0. The molecule has 17 heavy (non-hydrogen) atoms. The second-order valence-electron chi connectivity index (χ2n) is 2.82. The van der Waals surface area contributed by atoms with Gasteiger partial charge in [-0.25, -0.2) is 0 Å². The van der Waals surface area contributed by atoms with Gasteiger partial charge in [-0.2, -0.15) is 8.42 Å². The third kappa shape index (κ3) is 20.6. The number of amides is 1. The number of hydrogen-bond acceptors (Lipinski definition) is 4. The minimum atomic E-state index is -3.79. The summed E-state index contributed by atoms with van der Waals surface area (Å²) in [7, 11) is -3.79. The quantitative estimate of drug-likeness (QED) is 0.390. The zero-order valence-corrected chi connectivity index (χ0v) is 10.8. The van der Waals surface area contributed by atoms with Gasteiger partial charge in [0, 0.05) is 12.1 Å². The summed E-state index contributed by atoms with van der Waals surface area (Å²) in [5.74, 6) is -0.484. The van der Waals surface area contributed by atoms with Crippen LogP contribution >= 0.6 is 0 Å². The van der Waals surface area contributed by atoms with Crippen LogP contribution in [0.3, 0.4) is 0 Å². The van der Waals surface area contributed by atoms with E-state index in [1.807, 2.05) is 0 Å². The summed E-state index contributed by atoms with van der Waals surface area (Å²) in [6.07, 6.45) is 2.75. The number of carbonyl (C=O) groups excluding carboxylic acids is 1. The maximum atomic E-state index is 10.6. The molecule has 0 bridgehead atoms. The Hall–Kier alpha value is -1.44. The molecule has 0 spiro atoms. The van der Waals surface area contributed by atoms with Crippen molar-refractivity contribution >= 4 is 16.0 Å². The van der Waals surface area contributed by atoms with Crippen LogP contribution in [-0.4, -0.2) is 31.2 Å². The maximum Gasteiger partial charge on any atom is 0.268 e. The second kappa shape index (κ2) is 11.1. The third-order valence-electron chi connectivity index (χ3n) is 1.12. The molecule has 7 heteroatoms. The average molecular weight is 264 g/mol. The lowest BCUT2D eigenvalue weighted by Gasteiger charge is -1.97. The van der Waals surface area contributed by atoms with Gasteiger partial charge in [0.25, 0.3) is 10.1 Å². The Morgan fingerprint density at radius 1 is 1.35 bits per heavy atom. The molecule has 100 valence electrons. The lowest BCUT2D eigenvalue weighted by atomic mass is 10.3. The SMILES string of the molecule is C=CCNC(=O)C(=C)C.C=CCS(=O)(=O)O.N. The Bertz CT molecular complexity index is 361. The van der Waals surface area contributed by atoms with Gasteiger partial charge in [0.05, 0.1) is 5.75 Å². The van der Waals surface area contributed by atoms with Crippen LogP contribution < -0.4 is 11.5 Å². The molecule has 0 aromatic heterocycles. The molecule has 0 aliphatic carbocycles. The lowest BCUT2D eigenvalue weighted by Crippen LogP contribution is -2.23. The van der Waals surface area contributed by atoms with Gasteiger partial charge in [0.1, 0.15) is 0 Å². The summed E-state index contributed by atoms with van der Waals surface area (Å²) in [4.78, 5) is 10.6. The van der Waals surface area contributed by atoms with Gasteiger partial charge >= 0.3 is 0 Å². The van der Waals surface area contributed by atoms with E-state index in [-0.39, 0.29) is 17.8 Å². The third-order valence-corrected chi connectivity index (χ3v) is 1.78. The number of rotatable bonds is 5. The van der Waals surface area contributed by atoms with Crippen molar-refractivity contribution in [2.24, 2.45) is 0 Å². The Morgan fingerprint density at radius 3 is 2.00 bits per heavy atom. The molecule has 0 unspecified atom stereocenters. The normalized spacial score (nSPS) is 8.82. The predicted molar refractivity (Wildman–Crippen MR) is 69.7 cm³/mol. The average Bonchev–Trinajstić information content (AvgIpc) is 2.13.